The molecule has 0 aliphatic heterocycles. The lowest BCUT2D eigenvalue weighted by atomic mass is 10.0. The Labute approximate surface area is 441 Å². The summed E-state index contributed by atoms with van der Waals surface area (Å²) >= 11 is 0. The van der Waals surface area contributed by atoms with Crippen LogP contribution < -0.4 is 0 Å². The smallest absolute Gasteiger partial charge is 0.306 e. The van der Waals surface area contributed by atoms with E-state index >= 15 is 0 Å². The third-order valence-corrected chi connectivity index (χ3v) is 13.8. The molecule has 0 heterocycles. The highest BCUT2D eigenvalue weighted by atomic mass is 16.6. The predicted molar refractivity (Wildman–Crippen MR) is 307 cm³/mol. The molecule has 0 aromatic carbocycles. The van der Waals surface area contributed by atoms with Crippen molar-refractivity contribution in [1.82, 2.24) is 0 Å². The van der Waals surface area contributed by atoms with Crippen LogP contribution in [0.3, 0.4) is 0 Å². The number of carbonyl (C=O) groups excluding carboxylic acids is 3. The van der Waals surface area contributed by atoms with Gasteiger partial charge in [-0.1, -0.05) is 281 Å². The van der Waals surface area contributed by atoms with Crippen molar-refractivity contribution >= 4 is 17.9 Å². The maximum Gasteiger partial charge on any atom is 0.306 e. The molecule has 0 spiro atoms. The topological polar surface area (TPSA) is 78.9 Å². The summed E-state index contributed by atoms with van der Waals surface area (Å²) in [5, 5.41) is 0. The number of allylic oxidation sites excluding steroid dienone is 8. The van der Waals surface area contributed by atoms with Gasteiger partial charge in [0.1, 0.15) is 13.2 Å². The summed E-state index contributed by atoms with van der Waals surface area (Å²) in [6, 6.07) is 0. The second kappa shape index (κ2) is 59.9. The second-order valence-electron chi connectivity index (χ2n) is 20.9. The monoisotopic (exact) mass is 995 g/mol. The largest absolute Gasteiger partial charge is 0.462 e. The number of hydrogen-bond acceptors (Lipinski definition) is 6. The van der Waals surface area contributed by atoms with Gasteiger partial charge in [0, 0.05) is 19.3 Å². The molecule has 0 aliphatic rings. The van der Waals surface area contributed by atoms with Crippen LogP contribution in [-0.2, 0) is 28.6 Å². The lowest BCUT2D eigenvalue weighted by molar-refractivity contribution is -0.167. The Balaban J connectivity index is 4.24. The Bertz CT molecular complexity index is 1230. The van der Waals surface area contributed by atoms with E-state index in [0.29, 0.717) is 19.3 Å². The molecule has 0 saturated heterocycles. The van der Waals surface area contributed by atoms with Gasteiger partial charge < -0.3 is 14.2 Å². The van der Waals surface area contributed by atoms with Crippen LogP contribution in [0.2, 0.25) is 0 Å². The van der Waals surface area contributed by atoms with Gasteiger partial charge in [-0.15, -0.1) is 0 Å². The van der Waals surface area contributed by atoms with Gasteiger partial charge in [0.15, 0.2) is 6.10 Å². The molecule has 0 aromatic heterocycles. The van der Waals surface area contributed by atoms with Crippen LogP contribution >= 0.6 is 0 Å². The van der Waals surface area contributed by atoms with Crippen LogP contribution in [0.1, 0.15) is 329 Å². The number of hydrogen-bond donors (Lipinski definition) is 0. The lowest BCUT2D eigenvalue weighted by Crippen LogP contribution is -2.30. The molecule has 0 aliphatic carbocycles. The van der Waals surface area contributed by atoms with Crippen molar-refractivity contribution in [1.29, 1.82) is 0 Å². The highest BCUT2D eigenvalue weighted by molar-refractivity contribution is 5.71. The number of unbranched alkanes of at least 4 members (excludes halogenated alkanes) is 38. The average molecular weight is 996 g/mol. The molecular formula is C65H118O6. The number of esters is 3. The van der Waals surface area contributed by atoms with Crippen LogP contribution in [0.15, 0.2) is 48.6 Å². The van der Waals surface area contributed by atoms with E-state index in [1.807, 2.05) is 0 Å². The number of ether oxygens (including phenoxy) is 3. The summed E-state index contributed by atoms with van der Waals surface area (Å²) in [6.45, 7) is 6.54. The molecule has 0 rings (SSSR count). The highest BCUT2D eigenvalue weighted by Gasteiger charge is 2.19. The summed E-state index contributed by atoms with van der Waals surface area (Å²) in [4.78, 5) is 38.2. The minimum Gasteiger partial charge on any atom is -0.462 e. The third kappa shape index (κ3) is 58.1. The summed E-state index contributed by atoms with van der Waals surface area (Å²) in [6.07, 6.45) is 74.1. The quantitative estimate of drug-likeness (QED) is 0.0261. The number of rotatable bonds is 57. The zero-order valence-corrected chi connectivity index (χ0v) is 47.5. The summed E-state index contributed by atoms with van der Waals surface area (Å²) in [5.41, 5.74) is 0. The first-order chi connectivity index (χ1) is 35.0. The molecule has 0 N–H and O–H groups in total. The van der Waals surface area contributed by atoms with Crippen LogP contribution in [0.4, 0.5) is 0 Å². The average Bonchev–Trinajstić information content (AvgIpc) is 3.37. The van der Waals surface area contributed by atoms with Gasteiger partial charge >= 0.3 is 17.9 Å². The first kappa shape index (κ1) is 68.4. The van der Waals surface area contributed by atoms with Crippen molar-refractivity contribution in [2.24, 2.45) is 0 Å². The molecular weight excluding hydrogens is 877 g/mol. The fraction of sp³-hybridized carbons (Fsp3) is 0.831. The standard InChI is InChI=1S/C65H118O6/c1-4-7-10-13-16-19-22-25-27-28-29-30-31-32-33-34-35-36-38-40-43-46-49-52-55-58-64(67)70-61-62(60-69-63(66)57-54-51-48-45-42-39-24-21-18-15-12-9-6-3)71-65(68)59-56-53-50-47-44-41-37-26-23-20-17-14-11-8-5-2/h8,11,17,20-21,24,26,37,62H,4-7,9-10,12-16,18-19,22-23,25,27-36,38-61H2,1-3H3/b11-8-,20-17-,24-21-,37-26-. The van der Waals surface area contributed by atoms with Crippen LogP contribution in [0.25, 0.3) is 0 Å². The van der Waals surface area contributed by atoms with Crippen LogP contribution in [-0.4, -0.2) is 37.2 Å². The van der Waals surface area contributed by atoms with Gasteiger partial charge in [-0.25, -0.2) is 0 Å². The van der Waals surface area contributed by atoms with Gasteiger partial charge in [-0.05, 0) is 77.0 Å². The van der Waals surface area contributed by atoms with E-state index in [1.165, 1.54) is 186 Å². The molecule has 0 bridgehead atoms. The molecule has 6 heteroatoms. The van der Waals surface area contributed by atoms with E-state index in [-0.39, 0.29) is 31.1 Å². The van der Waals surface area contributed by atoms with Crippen LogP contribution in [0.5, 0.6) is 0 Å². The van der Waals surface area contributed by atoms with Crippen molar-refractivity contribution < 1.29 is 28.6 Å². The van der Waals surface area contributed by atoms with E-state index < -0.39 is 6.10 Å². The minimum atomic E-state index is -0.784. The van der Waals surface area contributed by atoms with Gasteiger partial charge in [-0.2, -0.15) is 0 Å². The molecule has 1 unspecified atom stereocenters. The molecule has 71 heavy (non-hydrogen) atoms. The number of carbonyl (C=O) groups is 3. The Kier molecular flexibility index (Phi) is 57.7. The molecule has 0 radical (unpaired) electrons. The van der Waals surface area contributed by atoms with Crippen molar-refractivity contribution in [3.05, 3.63) is 48.6 Å². The first-order valence-electron chi connectivity index (χ1n) is 31.1. The maximum atomic E-state index is 12.9. The van der Waals surface area contributed by atoms with E-state index in [9.17, 15) is 14.4 Å². The van der Waals surface area contributed by atoms with Gasteiger partial charge in [0.2, 0.25) is 0 Å². The van der Waals surface area contributed by atoms with E-state index in [2.05, 4.69) is 69.4 Å². The Morgan fingerprint density at radius 3 is 0.887 bits per heavy atom. The highest BCUT2D eigenvalue weighted by Crippen LogP contribution is 2.17. The minimum absolute atomic E-state index is 0.0797. The maximum absolute atomic E-state index is 12.9. The molecule has 0 amide bonds. The van der Waals surface area contributed by atoms with Crippen molar-refractivity contribution in [2.75, 3.05) is 13.2 Å². The van der Waals surface area contributed by atoms with Crippen LogP contribution in [0, 0.1) is 0 Å². The molecule has 0 fully saturated rings. The summed E-state index contributed by atoms with van der Waals surface area (Å²) in [7, 11) is 0. The zero-order valence-electron chi connectivity index (χ0n) is 47.5. The SMILES string of the molecule is CC/C=C\C/C=C\C/C=C\CCCCCCCC(=O)OC(COC(=O)CCCCCCC/C=C\CCCCCC)COC(=O)CCCCCCCCCCCCCCCCCCCCCCCCCCC. The Hall–Kier alpha value is -2.63. The lowest BCUT2D eigenvalue weighted by Gasteiger charge is -2.18. The predicted octanol–water partition coefficient (Wildman–Crippen LogP) is 21.0. The summed E-state index contributed by atoms with van der Waals surface area (Å²) < 4.78 is 16.9. The molecule has 6 nitrogen and oxygen atoms in total. The third-order valence-electron chi connectivity index (χ3n) is 13.8. The Morgan fingerprint density at radius 1 is 0.296 bits per heavy atom. The van der Waals surface area contributed by atoms with Crippen molar-refractivity contribution in [2.45, 2.75) is 335 Å². The molecule has 414 valence electrons. The van der Waals surface area contributed by atoms with Crippen molar-refractivity contribution in [3.63, 3.8) is 0 Å². The van der Waals surface area contributed by atoms with E-state index in [0.717, 1.165) is 103 Å². The van der Waals surface area contributed by atoms with E-state index in [1.54, 1.807) is 0 Å². The van der Waals surface area contributed by atoms with Crippen molar-refractivity contribution in [3.8, 4) is 0 Å². The van der Waals surface area contributed by atoms with Gasteiger partial charge in [0.05, 0.1) is 0 Å². The molecule has 0 saturated carbocycles. The van der Waals surface area contributed by atoms with Gasteiger partial charge in [-0.3, -0.25) is 14.4 Å². The fourth-order valence-corrected chi connectivity index (χ4v) is 9.16. The molecule has 0 aromatic rings. The fourth-order valence-electron chi connectivity index (χ4n) is 9.16. The zero-order chi connectivity index (χ0) is 51.4. The molecule has 1 atom stereocenters. The Morgan fingerprint density at radius 2 is 0.549 bits per heavy atom. The van der Waals surface area contributed by atoms with E-state index in [4.69, 9.17) is 14.2 Å². The summed E-state index contributed by atoms with van der Waals surface area (Å²) in [5.74, 6) is -0.889. The second-order valence-corrected chi connectivity index (χ2v) is 20.9. The first-order valence-corrected chi connectivity index (χ1v) is 31.1. The van der Waals surface area contributed by atoms with Gasteiger partial charge in [0.25, 0.3) is 0 Å². The normalized spacial score (nSPS) is 12.3.